The van der Waals surface area contributed by atoms with Crippen LogP contribution in [0.25, 0.3) is 11.2 Å². The molecule has 2 aromatic heterocycles. The lowest BCUT2D eigenvalue weighted by atomic mass is 9.96. The van der Waals surface area contributed by atoms with Gasteiger partial charge >= 0.3 is 19.6 Å². The highest BCUT2D eigenvalue weighted by Gasteiger charge is 2.54. The molecule has 4 N–H and O–H groups in total. The third-order valence-corrected chi connectivity index (χ3v) is 7.82. The number of imidazole rings is 1. The highest BCUT2D eigenvalue weighted by Crippen LogP contribution is 2.43. The fraction of sp³-hybridized carbons (Fsp3) is 0.696. The lowest BCUT2D eigenvalue weighted by molar-refractivity contribution is -0.143. The molecule has 0 amide bonds. The summed E-state index contributed by atoms with van der Waals surface area (Å²) in [5.74, 6) is -0.356. The first-order chi connectivity index (χ1) is 19.0. The van der Waals surface area contributed by atoms with E-state index in [1.807, 2.05) is 0 Å². The van der Waals surface area contributed by atoms with Gasteiger partial charge in [0.2, 0.25) is 5.88 Å². The molecule has 1 fully saturated rings. The number of carbonyl (C=O) groups excluding carboxylic acids is 2. The molecule has 0 radical (unpaired) electrons. The van der Waals surface area contributed by atoms with Gasteiger partial charge in [0.1, 0.15) is 23.6 Å². The first kappa shape index (κ1) is 31.8. The van der Waals surface area contributed by atoms with Crippen LogP contribution < -0.4 is 14.9 Å². The van der Waals surface area contributed by atoms with Crippen LogP contribution >= 0.6 is 7.67 Å². The molecule has 0 aromatic carbocycles. The van der Waals surface area contributed by atoms with Crippen LogP contribution in [0.15, 0.2) is 6.33 Å². The minimum absolute atomic E-state index is 0.0567. The smallest absolute Gasteiger partial charge is 0.340 e. The Morgan fingerprint density at radius 1 is 1.15 bits per heavy atom. The molecule has 1 saturated heterocycles. The van der Waals surface area contributed by atoms with Gasteiger partial charge in [-0.15, -0.1) is 0 Å². The summed E-state index contributed by atoms with van der Waals surface area (Å²) in [6, 6.07) is 0. The Kier molecular flexibility index (Phi) is 10.9. The van der Waals surface area contributed by atoms with Crippen molar-refractivity contribution in [2.45, 2.75) is 64.6 Å². The van der Waals surface area contributed by atoms with Gasteiger partial charge in [-0.1, -0.05) is 0 Å². The van der Waals surface area contributed by atoms with Crippen molar-refractivity contribution in [3.63, 3.8) is 0 Å². The van der Waals surface area contributed by atoms with Gasteiger partial charge in [-0.2, -0.15) is 4.98 Å². The van der Waals surface area contributed by atoms with Crippen molar-refractivity contribution in [2.75, 3.05) is 40.0 Å². The standard InChI is InChI=1S/C23H37N6O10P/c1-6-36-16(30)8-10-25-40(34,26-11-9-17(31)37-7-2)38-12-15-19(32)23(4,33)22(39-15)29-13-24-18-20(29)27-14(3)28-21(18)35-5/h13,15,19,22,32-33H,6-12H2,1-5H3,(H2,25,26,34)/t15-,19?,22-,23+/m1/s1. The number of rotatable bonds is 15. The van der Waals surface area contributed by atoms with Gasteiger partial charge in [0, 0.05) is 13.1 Å². The van der Waals surface area contributed by atoms with Crippen molar-refractivity contribution in [2.24, 2.45) is 0 Å². The molecule has 224 valence electrons. The van der Waals surface area contributed by atoms with E-state index in [1.165, 1.54) is 24.9 Å². The number of aromatic nitrogens is 4. The molecular weight excluding hydrogens is 551 g/mol. The molecule has 1 aliphatic rings. The number of aliphatic hydroxyl groups is 2. The van der Waals surface area contributed by atoms with Crippen LogP contribution in [0.2, 0.25) is 0 Å². The first-order valence-corrected chi connectivity index (χ1v) is 14.4. The van der Waals surface area contributed by atoms with Crippen molar-refractivity contribution >= 4 is 30.8 Å². The number of esters is 2. The topological polar surface area (TPSA) is 205 Å². The Labute approximate surface area is 231 Å². The molecule has 0 bridgehead atoms. The summed E-state index contributed by atoms with van der Waals surface area (Å²) in [5.41, 5.74) is -1.18. The van der Waals surface area contributed by atoms with Crippen molar-refractivity contribution in [1.29, 1.82) is 0 Å². The Bertz CT molecular complexity index is 1200. The van der Waals surface area contributed by atoms with Gasteiger partial charge in [0.15, 0.2) is 17.4 Å². The summed E-state index contributed by atoms with van der Waals surface area (Å²) in [7, 11) is -2.43. The summed E-state index contributed by atoms with van der Waals surface area (Å²) in [4.78, 5) is 36.3. The third-order valence-electron chi connectivity index (χ3n) is 6.03. The summed E-state index contributed by atoms with van der Waals surface area (Å²) >= 11 is 0. The average molecular weight is 589 g/mol. The zero-order valence-electron chi connectivity index (χ0n) is 23.2. The molecule has 40 heavy (non-hydrogen) atoms. The Balaban J connectivity index is 1.74. The number of hydrogen-bond acceptors (Lipinski definition) is 13. The number of aryl methyl sites for hydroxylation is 1. The van der Waals surface area contributed by atoms with Crippen LogP contribution in [-0.2, 0) is 32.9 Å². The quantitative estimate of drug-likeness (QED) is 0.164. The van der Waals surface area contributed by atoms with Crippen molar-refractivity contribution in [3.8, 4) is 5.88 Å². The molecule has 0 aliphatic carbocycles. The van der Waals surface area contributed by atoms with Crippen molar-refractivity contribution in [3.05, 3.63) is 12.2 Å². The van der Waals surface area contributed by atoms with E-state index in [2.05, 4.69) is 25.1 Å². The summed E-state index contributed by atoms with van der Waals surface area (Å²) in [6.07, 6.45) is -2.53. The van der Waals surface area contributed by atoms with Gasteiger partial charge in [0.25, 0.3) is 0 Å². The van der Waals surface area contributed by atoms with E-state index in [4.69, 9.17) is 23.5 Å². The monoisotopic (exact) mass is 588 g/mol. The largest absolute Gasteiger partial charge is 0.479 e. The second-order valence-electron chi connectivity index (χ2n) is 9.08. The van der Waals surface area contributed by atoms with Crippen LogP contribution in [0.5, 0.6) is 5.88 Å². The van der Waals surface area contributed by atoms with Crippen LogP contribution in [-0.4, -0.2) is 99.5 Å². The molecule has 16 nitrogen and oxygen atoms in total. The number of nitrogens with one attached hydrogen (secondary N) is 2. The second-order valence-corrected chi connectivity index (χ2v) is 11.1. The van der Waals surface area contributed by atoms with Crippen LogP contribution in [0.1, 0.15) is 45.7 Å². The van der Waals surface area contributed by atoms with E-state index < -0.39 is 50.3 Å². The van der Waals surface area contributed by atoms with Gasteiger partial charge in [0.05, 0.1) is 46.1 Å². The molecule has 0 saturated carbocycles. The number of carbonyl (C=O) groups is 2. The lowest BCUT2D eigenvalue weighted by Crippen LogP contribution is -2.44. The Morgan fingerprint density at radius 3 is 2.30 bits per heavy atom. The number of nitrogens with zero attached hydrogens (tertiary/aromatic N) is 4. The maximum Gasteiger partial charge on any atom is 0.340 e. The van der Waals surface area contributed by atoms with E-state index in [9.17, 15) is 24.4 Å². The van der Waals surface area contributed by atoms with E-state index in [1.54, 1.807) is 20.8 Å². The highest BCUT2D eigenvalue weighted by atomic mass is 31.2. The molecule has 1 unspecified atom stereocenters. The average Bonchev–Trinajstić information content (AvgIpc) is 3.40. The molecule has 3 heterocycles. The Hall–Kier alpha value is -2.72. The fourth-order valence-corrected chi connectivity index (χ4v) is 5.55. The highest BCUT2D eigenvalue weighted by molar-refractivity contribution is 7.54. The molecule has 2 aromatic rings. The van der Waals surface area contributed by atoms with Gasteiger partial charge in [-0.25, -0.2) is 20.1 Å². The van der Waals surface area contributed by atoms with Crippen molar-refractivity contribution in [1.82, 2.24) is 29.7 Å². The number of hydrogen-bond donors (Lipinski definition) is 4. The van der Waals surface area contributed by atoms with Crippen LogP contribution in [0.3, 0.4) is 0 Å². The number of aliphatic hydroxyl groups excluding tert-OH is 1. The van der Waals surface area contributed by atoms with Crippen LogP contribution in [0.4, 0.5) is 0 Å². The van der Waals surface area contributed by atoms with Crippen molar-refractivity contribution < 1.29 is 47.8 Å². The summed E-state index contributed by atoms with van der Waals surface area (Å²) in [5, 5.41) is 27.4. The van der Waals surface area contributed by atoms with E-state index in [-0.39, 0.29) is 45.0 Å². The van der Waals surface area contributed by atoms with Crippen LogP contribution in [0, 0.1) is 6.92 Å². The lowest BCUT2D eigenvalue weighted by Gasteiger charge is -2.27. The number of methoxy groups -OCH3 is 1. The normalized spacial score (nSPS) is 22.9. The predicted octanol–water partition coefficient (Wildman–Crippen LogP) is 0.363. The van der Waals surface area contributed by atoms with E-state index >= 15 is 0 Å². The molecule has 17 heteroatoms. The van der Waals surface area contributed by atoms with E-state index in [0.717, 1.165) is 0 Å². The fourth-order valence-electron chi connectivity index (χ4n) is 4.09. The maximum atomic E-state index is 13.5. The summed E-state index contributed by atoms with van der Waals surface area (Å²) < 4.78 is 41.6. The number of ether oxygens (including phenoxy) is 4. The van der Waals surface area contributed by atoms with E-state index in [0.29, 0.717) is 17.0 Å². The zero-order chi connectivity index (χ0) is 29.5. The SMILES string of the molecule is CCOC(=O)CCNP(=O)(NCCC(=O)OCC)OC[C@H]1O[C@@H](n2cnc3c(OC)nc(C)nc32)[C@@](C)(O)C1O. The zero-order valence-corrected chi connectivity index (χ0v) is 24.1. The molecule has 1 aliphatic heterocycles. The molecule has 4 atom stereocenters. The Morgan fingerprint density at radius 2 is 1.75 bits per heavy atom. The first-order valence-electron chi connectivity index (χ1n) is 12.8. The maximum absolute atomic E-state index is 13.5. The van der Waals surface area contributed by atoms with Gasteiger partial charge in [-0.3, -0.25) is 18.7 Å². The molecule has 3 rings (SSSR count). The third kappa shape index (κ3) is 7.51. The minimum Gasteiger partial charge on any atom is -0.479 e. The van der Waals surface area contributed by atoms with Gasteiger partial charge < -0.3 is 33.7 Å². The second kappa shape index (κ2) is 13.8. The molecular formula is C23H37N6O10P. The minimum atomic E-state index is -3.87. The summed E-state index contributed by atoms with van der Waals surface area (Å²) in [6.45, 7) is 6.26. The van der Waals surface area contributed by atoms with Gasteiger partial charge in [-0.05, 0) is 27.7 Å². The molecule has 0 spiro atoms. The number of fused-ring (bicyclic) bond motifs is 1. The predicted molar refractivity (Wildman–Crippen MR) is 139 cm³/mol.